The number of esters is 2. The lowest BCUT2D eigenvalue weighted by Gasteiger charge is -2.29. The first kappa shape index (κ1) is 31.4. The molecule has 3 unspecified atom stereocenters. The molecule has 0 aromatic carbocycles. The molecular formula is C15H27NO14P2S+2. The average Bonchev–Trinajstić information content (AvgIpc) is 2.67. The number of aliphatic hydroxyl groups excluding tert-OH is 1. The van der Waals surface area contributed by atoms with Crippen LogP contribution in [-0.4, -0.2) is 74.2 Å². The Bertz CT molecular complexity index is 830. The molecule has 4 atom stereocenters. The van der Waals surface area contributed by atoms with Crippen molar-refractivity contribution in [2.45, 2.75) is 46.5 Å². The van der Waals surface area contributed by atoms with Crippen molar-refractivity contribution in [1.82, 2.24) is 5.32 Å². The van der Waals surface area contributed by atoms with E-state index in [4.69, 9.17) is 13.8 Å². The second-order valence-electron chi connectivity index (χ2n) is 7.06. The summed E-state index contributed by atoms with van der Waals surface area (Å²) in [6.45, 7) is 3.66. The quantitative estimate of drug-likeness (QED) is 0.0774. The van der Waals surface area contributed by atoms with Crippen LogP contribution in [0.5, 0.6) is 0 Å². The van der Waals surface area contributed by atoms with Gasteiger partial charge in [-0.2, -0.15) is 8.42 Å². The van der Waals surface area contributed by atoms with Gasteiger partial charge < -0.3 is 19.9 Å². The van der Waals surface area contributed by atoms with E-state index in [2.05, 4.69) is 18.9 Å². The van der Waals surface area contributed by atoms with Crippen LogP contribution in [0.2, 0.25) is 0 Å². The SMILES string of the molecule is CC(=O)NCCCS(=O)(=O)OCC(C)(C)[C@@H](O)C(=O)OC(C)OC(=O)CO[P+](=O)O[P+](=O)O. The van der Waals surface area contributed by atoms with Gasteiger partial charge in [-0.25, -0.2) is 9.59 Å². The van der Waals surface area contributed by atoms with Gasteiger partial charge >= 0.3 is 28.4 Å². The summed E-state index contributed by atoms with van der Waals surface area (Å²) in [6.07, 6.45) is -3.29. The van der Waals surface area contributed by atoms with Crippen molar-refractivity contribution in [3.8, 4) is 0 Å². The standard InChI is InChI=1S/C15H25NO14P2S/c1-10(17)16-6-5-7-33(24,25)27-9-15(3,4)13(19)14(20)29-11(2)28-12(18)8-26-32(23)30-31(21)22/h11,13,19H,5-9H2,1-4H3/p+2/t11?,13-/m0/s1. The van der Waals surface area contributed by atoms with Gasteiger partial charge in [0.25, 0.3) is 10.1 Å². The molecule has 1 amide bonds. The Morgan fingerprint density at radius 3 is 2.30 bits per heavy atom. The number of amides is 1. The summed E-state index contributed by atoms with van der Waals surface area (Å²) in [5, 5.41) is 12.6. The monoisotopic (exact) mass is 539 g/mol. The zero-order valence-electron chi connectivity index (χ0n) is 18.3. The van der Waals surface area contributed by atoms with E-state index in [1.54, 1.807) is 0 Å². The van der Waals surface area contributed by atoms with Gasteiger partial charge in [0.05, 0.1) is 12.4 Å². The van der Waals surface area contributed by atoms with Gasteiger partial charge in [-0.3, -0.25) is 8.98 Å². The molecular weight excluding hydrogens is 512 g/mol. The Kier molecular flexibility index (Phi) is 13.9. The molecule has 0 radical (unpaired) electrons. The number of rotatable bonds is 16. The molecule has 0 aliphatic rings. The molecule has 3 N–H and O–H groups in total. The lowest BCUT2D eigenvalue weighted by Crippen LogP contribution is -2.43. The van der Waals surface area contributed by atoms with Crippen molar-refractivity contribution >= 4 is 44.5 Å². The molecule has 190 valence electrons. The van der Waals surface area contributed by atoms with E-state index >= 15 is 0 Å². The highest BCUT2D eigenvalue weighted by molar-refractivity contribution is 7.86. The van der Waals surface area contributed by atoms with Crippen LogP contribution in [-0.2, 0) is 56.1 Å². The minimum Gasteiger partial charge on any atom is -0.424 e. The summed E-state index contributed by atoms with van der Waals surface area (Å²) in [7, 11) is -10.3. The van der Waals surface area contributed by atoms with Crippen molar-refractivity contribution in [3.05, 3.63) is 0 Å². The highest BCUT2D eigenvalue weighted by atomic mass is 32.2. The second kappa shape index (κ2) is 14.6. The maximum atomic E-state index is 12.1. The lowest BCUT2D eigenvalue weighted by molar-refractivity contribution is -0.196. The van der Waals surface area contributed by atoms with Gasteiger partial charge in [0.1, 0.15) is 0 Å². The van der Waals surface area contributed by atoms with Crippen molar-refractivity contribution in [2.75, 3.05) is 25.5 Å². The summed E-state index contributed by atoms with van der Waals surface area (Å²) in [5.41, 5.74) is -1.43. The van der Waals surface area contributed by atoms with Crippen LogP contribution >= 0.6 is 16.5 Å². The first-order valence-electron chi connectivity index (χ1n) is 9.19. The van der Waals surface area contributed by atoms with E-state index in [0.29, 0.717) is 0 Å². The highest BCUT2D eigenvalue weighted by Crippen LogP contribution is 2.35. The van der Waals surface area contributed by atoms with E-state index in [9.17, 15) is 37.0 Å². The van der Waals surface area contributed by atoms with Crippen molar-refractivity contribution < 1.29 is 64.4 Å². The first-order chi connectivity index (χ1) is 15.1. The third-order valence-electron chi connectivity index (χ3n) is 3.52. The van der Waals surface area contributed by atoms with Gasteiger partial charge in [-0.05, 0) is 6.42 Å². The Labute approximate surface area is 192 Å². The molecule has 0 fully saturated rings. The van der Waals surface area contributed by atoms with Crippen LogP contribution in [0, 0.1) is 5.41 Å². The van der Waals surface area contributed by atoms with Gasteiger partial charge in [-0.15, -0.1) is 9.42 Å². The molecule has 0 aliphatic heterocycles. The zero-order chi connectivity index (χ0) is 25.8. The van der Waals surface area contributed by atoms with Gasteiger partial charge in [0.2, 0.25) is 18.8 Å². The fraction of sp³-hybridized carbons (Fsp3) is 0.800. The molecule has 15 nitrogen and oxygen atoms in total. The number of aliphatic hydroxyl groups is 1. The van der Waals surface area contributed by atoms with Crippen molar-refractivity contribution in [2.24, 2.45) is 5.41 Å². The summed E-state index contributed by atoms with van der Waals surface area (Å²) < 4.78 is 67.6. The highest BCUT2D eigenvalue weighted by Gasteiger charge is 2.39. The number of ether oxygens (including phenoxy) is 2. The Morgan fingerprint density at radius 1 is 1.15 bits per heavy atom. The Morgan fingerprint density at radius 2 is 1.76 bits per heavy atom. The zero-order valence-corrected chi connectivity index (χ0v) is 20.9. The Hall–Kier alpha value is -1.64. The number of hydrogen-bond acceptors (Lipinski definition) is 13. The maximum absolute atomic E-state index is 12.1. The molecule has 0 saturated heterocycles. The Balaban J connectivity index is 4.55. The molecule has 0 heterocycles. The number of nitrogens with one attached hydrogen (secondary N) is 1. The lowest BCUT2D eigenvalue weighted by atomic mass is 9.88. The molecule has 0 spiro atoms. The maximum Gasteiger partial charge on any atom is 0.748 e. The van der Waals surface area contributed by atoms with Gasteiger partial charge in [0.15, 0.2) is 10.4 Å². The molecule has 33 heavy (non-hydrogen) atoms. The average molecular weight is 539 g/mol. The van der Waals surface area contributed by atoms with Crippen LogP contribution in [0.1, 0.15) is 34.1 Å². The van der Waals surface area contributed by atoms with E-state index in [1.807, 2.05) is 0 Å². The van der Waals surface area contributed by atoms with E-state index in [-0.39, 0.29) is 18.9 Å². The molecule has 0 saturated carbocycles. The van der Waals surface area contributed by atoms with Crippen molar-refractivity contribution in [3.63, 3.8) is 0 Å². The minimum atomic E-state index is -4.00. The van der Waals surface area contributed by atoms with Crippen LogP contribution in [0.15, 0.2) is 0 Å². The van der Waals surface area contributed by atoms with E-state index in [0.717, 1.165) is 6.92 Å². The van der Waals surface area contributed by atoms with Crippen LogP contribution in [0.3, 0.4) is 0 Å². The predicted octanol–water partition coefficient (Wildman–Crippen LogP) is 0.0188. The van der Waals surface area contributed by atoms with Crippen LogP contribution < -0.4 is 5.32 Å². The summed E-state index contributed by atoms with van der Waals surface area (Å²) in [5.74, 6) is -3.13. The summed E-state index contributed by atoms with van der Waals surface area (Å²) >= 11 is 0. The summed E-state index contributed by atoms with van der Waals surface area (Å²) in [4.78, 5) is 42.8. The van der Waals surface area contributed by atoms with Gasteiger partial charge in [0, 0.05) is 34.9 Å². The van der Waals surface area contributed by atoms with Crippen LogP contribution in [0.25, 0.3) is 0 Å². The largest absolute Gasteiger partial charge is 0.748 e. The molecule has 18 heteroatoms. The molecule has 0 aromatic heterocycles. The topological polar surface area (TPSA) is 218 Å². The second-order valence-corrected chi connectivity index (χ2v) is 10.7. The number of hydrogen-bond donors (Lipinski definition) is 3. The normalized spacial score (nSPS) is 14.6. The molecule has 0 aromatic rings. The fourth-order valence-electron chi connectivity index (χ4n) is 1.87. The predicted molar refractivity (Wildman–Crippen MR) is 109 cm³/mol. The first-order valence-corrected chi connectivity index (χ1v) is 13.0. The molecule has 0 rings (SSSR count). The fourth-order valence-corrected chi connectivity index (χ4v) is 3.82. The third kappa shape index (κ3) is 15.0. The number of carbonyl (C=O) groups excluding carboxylic acids is 3. The minimum absolute atomic E-state index is 0.0955. The number of carbonyl (C=O) groups is 3. The molecule has 0 bridgehead atoms. The van der Waals surface area contributed by atoms with Crippen LogP contribution in [0.4, 0.5) is 0 Å². The smallest absolute Gasteiger partial charge is 0.424 e. The summed E-state index contributed by atoms with van der Waals surface area (Å²) in [6, 6.07) is 0. The van der Waals surface area contributed by atoms with Crippen molar-refractivity contribution in [1.29, 1.82) is 0 Å². The van der Waals surface area contributed by atoms with E-state index < -0.39 is 75.3 Å². The van der Waals surface area contributed by atoms with Gasteiger partial charge in [-0.1, -0.05) is 13.8 Å². The van der Waals surface area contributed by atoms with E-state index in [1.165, 1.54) is 20.8 Å². The molecule has 0 aliphatic carbocycles. The third-order valence-corrected chi connectivity index (χ3v) is 6.22.